The highest BCUT2D eigenvalue weighted by molar-refractivity contribution is 5.90. The standard InChI is InChI=1S/C11H18N4O/c1-7(2)5-6-12-11(16)10-13-9(14-15-10)8-3-4-8/h7-8H,3-6H2,1-2H3,(H,12,16)(H,13,14,15). The zero-order chi connectivity index (χ0) is 11.5. The van der Waals surface area contributed by atoms with Crippen LogP contribution in [0.2, 0.25) is 0 Å². The number of aromatic nitrogens is 3. The number of hydrogen-bond donors (Lipinski definition) is 2. The first-order chi connectivity index (χ1) is 7.66. The first-order valence-corrected chi connectivity index (χ1v) is 5.87. The molecule has 0 unspecified atom stereocenters. The molecule has 88 valence electrons. The Balaban J connectivity index is 1.83. The van der Waals surface area contributed by atoms with E-state index in [1.165, 1.54) is 0 Å². The summed E-state index contributed by atoms with van der Waals surface area (Å²) in [5.74, 6) is 2.04. The molecule has 1 aromatic rings. The molecule has 0 atom stereocenters. The van der Waals surface area contributed by atoms with Crippen molar-refractivity contribution in [2.24, 2.45) is 5.92 Å². The Kier molecular flexibility index (Phi) is 3.22. The summed E-state index contributed by atoms with van der Waals surface area (Å²) in [6.45, 7) is 4.94. The molecule has 1 aliphatic carbocycles. The lowest BCUT2D eigenvalue weighted by Crippen LogP contribution is -2.26. The molecular weight excluding hydrogens is 204 g/mol. The number of H-pyrrole nitrogens is 1. The van der Waals surface area contributed by atoms with Gasteiger partial charge in [-0.3, -0.25) is 9.89 Å². The summed E-state index contributed by atoms with van der Waals surface area (Å²) < 4.78 is 0. The van der Waals surface area contributed by atoms with Crippen LogP contribution >= 0.6 is 0 Å². The van der Waals surface area contributed by atoms with Gasteiger partial charge in [0.25, 0.3) is 5.91 Å². The third-order valence-corrected chi connectivity index (χ3v) is 2.68. The van der Waals surface area contributed by atoms with Crippen LogP contribution < -0.4 is 5.32 Å². The Morgan fingerprint density at radius 3 is 2.94 bits per heavy atom. The molecule has 1 heterocycles. The third kappa shape index (κ3) is 2.81. The van der Waals surface area contributed by atoms with Gasteiger partial charge in [0.05, 0.1) is 0 Å². The van der Waals surface area contributed by atoms with Gasteiger partial charge in [0.1, 0.15) is 5.82 Å². The molecule has 2 N–H and O–H groups in total. The maximum Gasteiger partial charge on any atom is 0.290 e. The normalized spacial score (nSPS) is 15.4. The molecule has 1 aliphatic rings. The maximum absolute atomic E-state index is 11.6. The van der Waals surface area contributed by atoms with Crippen molar-refractivity contribution in [3.05, 3.63) is 11.6 Å². The number of amides is 1. The molecule has 1 amide bonds. The first-order valence-electron chi connectivity index (χ1n) is 5.87. The molecule has 1 saturated carbocycles. The van der Waals surface area contributed by atoms with Crippen LogP contribution in [0.15, 0.2) is 0 Å². The van der Waals surface area contributed by atoms with Gasteiger partial charge < -0.3 is 5.32 Å². The van der Waals surface area contributed by atoms with E-state index in [0.717, 1.165) is 25.1 Å². The van der Waals surface area contributed by atoms with E-state index in [1.54, 1.807) is 0 Å². The predicted octanol–water partition coefficient (Wildman–Crippen LogP) is 1.46. The molecule has 0 spiro atoms. The van der Waals surface area contributed by atoms with Gasteiger partial charge in [-0.25, -0.2) is 4.98 Å². The number of carbonyl (C=O) groups is 1. The van der Waals surface area contributed by atoms with Crippen LogP contribution in [0.5, 0.6) is 0 Å². The minimum absolute atomic E-state index is 0.177. The Labute approximate surface area is 95.0 Å². The first kappa shape index (κ1) is 11.1. The van der Waals surface area contributed by atoms with Crippen molar-refractivity contribution in [3.63, 3.8) is 0 Å². The molecule has 5 nitrogen and oxygen atoms in total. The van der Waals surface area contributed by atoms with Crippen molar-refractivity contribution in [1.29, 1.82) is 0 Å². The molecule has 2 rings (SSSR count). The van der Waals surface area contributed by atoms with Gasteiger partial charge in [-0.1, -0.05) is 13.8 Å². The smallest absolute Gasteiger partial charge is 0.290 e. The molecule has 16 heavy (non-hydrogen) atoms. The molecule has 1 fully saturated rings. The van der Waals surface area contributed by atoms with E-state index in [9.17, 15) is 4.79 Å². The van der Waals surface area contributed by atoms with E-state index in [-0.39, 0.29) is 11.7 Å². The lowest BCUT2D eigenvalue weighted by atomic mass is 10.1. The predicted molar refractivity (Wildman–Crippen MR) is 60.1 cm³/mol. The molecule has 0 aliphatic heterocycles. The summed E-state index contributed by atoms with van der Waals surface area (Å²) in [7, 11) is 0. The average Bonchev–Trinajstić information content (AvgIpc) is 2.96. The van der Waals surface area contributed by atoms with E-state index in [1.807, 2.05) is 0 Å². The largest absolute Gasteiger partial charge is 0.349 e. The Bertz CT molecular complexity index is 368. The number of carbonyl (C=O) groups excluding carboxylic acids is 1. The van der Waals surface area contributed by atoms with Crippen LogP contribution in [0.1, 0.15) is 55.5 Å². The Hall–Kier alpha value is -1.39. The molecule has 1 aromatic heterocycles. The van der Waals surface area contributed by atoms with Crippen molar-refractivity contribution < 1.29 is 4.79 Å². The summed E-state index contributed by atoms with van der Waals surface area (Å²) in [6, 6.07) is 0. The Morgan fingerprint density at radius 2 is 2.31 bits per heavy atom. The molecule has 0 radical (unpaired) electrons. The Morgan fingerprint density at radius 1 is 1.56 bits per heavy atom. The molecule has 0 saturated heterocycles. The SMILES string of the molecule is CC(C)CCNC(=O)c1n[nH]c(C2CC2)n1. The average molecular weight is 222 g/mol. The fourth-order valence-corrected chi connectivity index (χ4v) is 1.47. The number of nitrogens with zero attached hydrogens (tertiary/aromatic N) is 2. The van der Waals surface area contributed by atoms with Crippen molar-refractivity contribution in [3.8, 4) is 0 Å². The molecule has 0 bridgehead atoms. The second-order valence-corrected chi connectivity index (χ2v) is 4.76. The van der Waals surface area contributed by atoms with Crippen molar-refractivity contribution in [1.82, 2.24) is 20.5 Å². The highest BCUT2D eigenvalue weighted by Crippen LogP contribution is 2.37. The van der Waals surface area contributed by atoms with Crippen LogP contribution in [-0.2, 0) is 0 Å². The van der Waals surface area contributed by atoms with Crippen molar-refractivity contribution >= 4 is 5.91 Å². The van der Waals surface area contributed by atoms with Crippen LogP contribution in [0.3, 0.4) is 0 Å². The van der Waals surface area contributed by atoms with E-state index in [2.05, 4.69) is 34.3 Å². The van der Waals surface area contributed by atoms with Gasteiger partial charge in [-0.05, 0) is 25.2 Å². The lowest BCUT2D eigenvalue weighted by Gasteiger charge is -2.04. The highest BCUT2D eigenvalue weighted by Gasteiger charge is 2.28. The van der Waals surface area contributed by atoms with Gasteiger partial charge in [-0.15, -0.1) is 5.10 Å². The maximum atomic E-state index is 11.6. The van der Waals surface area contributed by atoms with Crippen LogP contribution in [-0.4, -0.2) is 27.6 Å². The second-order valence-electron chi connectivity index (χ2n) is 4.76. The molecule has 5 heteroatoms. The monoisotopic (exact) mass is 222 g/mol. The van der Waals surface area contributed by atoms with Crippen LogP contribution in [0, 0.1) is 5.92 Å². The third-order valence-electron chi connectivity index (χ3n) is 2.68. The van der Waals surface area contributed by atoms with E-state index < -0.39 is 0 Å². The summed E-state index contributed by atoms with van der Waals surface area (Å²) >= 11 is 0. The topological polar surface area (TPSA) is 70.7 Å². The lowest BCUT2D eigenvalue weighted by molar-refractivity contribution is 0.0942. The second kappa shape index (κ2) is 4.63. The fourth-order valence-electron chi connectivity index (χ4n) is 1.47. The summed E-state index contributed by atoms with van der Waals surface area (Å²) in [5, 5.41) is 9.57. The van der Waals surface area contributed by atoms with E-state index in [0.29, 0.717) is 18.4 Å². The zero-order valence-corrected chi connectivity index (χ0v) is 9.79. The highest BCUT2D eigenvalue weighted by atomic mass is 16.2. The van der Waals surface area contributed by atoms with Gasteiger partial charge in [0.2, 0.25) is 5.82 Å². The van der Waals surface area contributed by atoms with Crippen LogP contribution in [0.25, 0.3) is 0 Å². The molecular formula is C11H18N4O. The van der Waals surface area contributed by atoms with Gasteiger partial charge in [0, 0.05) is 12.5 Å². The number of rotatable bonds is 5. The van der Waals surface area contributed by atoms with Gasteiger partial charge >= 0.3 is 0 Å². The number of nitrogens with one attached hydrogen (secondary N) is 2. The van der Waals surface area contributed by atoms with Crippen molar-refractivity contribution in [2.45, 2.75) is 39.0 Å². The number of aromatic amines is 1. The summed E-state index contributed by atoms with van der Waals surface area (Å²) in [5.41, 5.74) is 0. The number of hydrogen-bond acceptors (Lipinski definition) is 3. The minimum atomic E-state index is -0.177. The minimum Gasteiger partial charge on any atom is -0.349 e. The fraction of sp³-hybridized carbons (Fsp3) is 0.727. The quantitative estimate of drug-likeness (QED) is 0.792. The summed E-state index contributed by atoms with van der Waals surface area (Å²) in [6.07, 6.45) is 3.29. The van der Waals surface area contributed by atoms with Crippen molar-refractivity contribution in [2.75, 3.05) is 6.54 Å². The van der Waals surface area contributed by atoms with Gasteiger partial charge in [-0.2, -0.15) is 0 Å². The van der Waals surface area contributed by atoms with Crippen LogP contribution in [0.4, 0.5) is 0 Å². The van der Waals surface area contributed by atoms with Gasteiger partial charge in [0.15, 0.2) is 0 Å². The van der Waals surface area contributed by atoms with E-state index >= 15 is 0 Å². The summed E-state index contributed by atoms with van der Waals surface area (Å²) in [4.78, 5) is 15.8. The zero-order valence-electron chi connectivity index (χ0n) is 9.79. The molecule has 0 aromatic carbocycles. The van der Waals surface area contributed by atoms with E-state index in [4.69, 9.17) is 0 Å².